The molecular weight excluding hydrogens is 236 g/mol. The number of carboxylic acid groups (broad SMARTS) is 2. The molecule has 1 rings (SSSR count). The maximum atomic E-state index is 10.8. The molecule has 0 aromatic heterocycles. The molecule has 5 heteroatoms. The molecule has 86 valence electrons. The van der Waals surface area contributed by atoms with Crippen molar-refractivity contribution >= 4 is 49.7 Å². The molecule has 0 aliphatic heterocycles. The smallest absolute Gasteiger partial charge is 0.550 e. The van der Waals surface area contributed by atoms with E-state index in [-0.39, 0.29) is 43.7 Å². The van der Waals surface area contributed by atoms with Crippen molar-refractivity contribution in [3.63, 3.8) is 0 Å². The van der Waals surface area contributed by atoms with E-state index in [1.807, 2.05) is 13.8 Å². The van der Waals surface area contributed by atoms with E-state index < -0.39 is 23.8 Å². The number of aliphatic carboxylic acids is 2. The minimum absolute atomic E-state index is 0. The van der Waals surface area contributed by atoms with E-state index in [9.17, 15) is 19.8 Å². The van der Waals surface area contributed by atoms with E-state index in [0.717, 1.165) is 6.42 Å². The number of rotatable bonds is 3. The first-order chi connectivity index (χ1) is 6.93. The molecule has 1 saturated carbocycles. The zero-order chi connectivity index (χ0) is 11.6. The van der Waals surface area contributed by atoms with Crippen LogP contribution in [-0.2, 0) is 9.59 Å². The summed E-state index contributed by atoms with van der Waals surface area (Å²) in [5.41, 5.74) is 0. The monoisotopic (exact) mass is 252 g/mol. The topological polar surface area (TPSA) is 80.3 Å². The summed E-state index contributed by atoms with van der Waals surface area (Å²) in [7, 11) is 0. The van der Waals surface area contributed by atoms with Gasteiger partial charge in [0, 0.05) is 23.8 Å². The van der Waals surface area contributed by atoms with Crippen molar-refractivity contribution in [2.24, 2.45) is 23.7 Å². The Hall–Kier alpha value is 0.200. The molecule has 3 unspecified atom stereocenters. The van der Waals surface area contributed by atoms with Crippen molar-refractivity contribution in [2.45, 2.75) is 33.1 Å². The number of carboxylic acids is 2. The molecule has 0 aromatic carbocycles. The molecule has 1 fully saturated rings. The maximum absolute atomic E-state index is 10.8. The molecule has 0 saturated heterocycles. The van der Waals surface area contributed by atoms with Crippen LogP contribution in [0.15, 0.2) is 0 Å². The van der Waals surface area contributed by atoms with Gasteiger partial charge >= 0.3 is 37.7 Å². The SMILES string of the molecule is CC(C)C1CCC(C(=O)[O-])C(C(=O)[O-])C1.[Ca+2]. The van der Waals surface area contributed by atoms with Crippen LogP contribution in [0.4, 0.5) is 0 Å². The fraction of sp³-hybridized carbons (Fsp3) is 0.818. The summed E-state index contributed by atoms with van der Waals surface area (Å²) < 4.78 is 0. The van der Waals surface area contributed by atoms with Gasteiger partial charge in [0.05, 0.1) is 0 Å². The molecule has 0 spiro atoms. The molecule has 16 heavy (non-hydrogen) atoms. The van der Waals surface area contributed by atoms with Gasteiger partial charge in [0.2, 0.25) is 0 Å². The summed E-state index contributed by atoms with van der Waals surface area (Å²) in [6.07, 6.45) is 1.56. The molecule has 3 atom stereocenters. The van der Waals surface area contributed by atoms with Crippen LogP contribution in [0.1, 0.15) is 33.1 Å². The van der Waals surface area contributed by atoms with Gasteiger partial charge in [0.15, 0.2) is 0 Å². The van der Waals surface area contributed by atoms with Crippen molar-refractivity contribution in [2.75, 3.05) is 0 Å². The maximum Gasteiger partial charge on any atom is 2.00 e. The quantitative estimate of drug-likeness (QED) is 0.591. The normalized spacial score (nSPS) is 29.6. The molecular formula is C11H16CaO4. The summed E-state index contributed by atoms with van der Waals surface area (Å²) in [5, 5.41) is 21.6. The van der Waals surface area contributed by atoms with Crippen molar-refractivity contribution in [3.05, 3.63) is 0 Å². The van der Waals surface area contributed by atoms with Crippen LogP contribution in [0.5, 0.6) is 0 Å². The van der Waals surface area contributed by atoms with Gasteiger partial charge in [-0.15, -0.1) is 0 Å². The number of hydrogen-bond acceptors (Lipinski definition) is 4. The molecule has 0 radical (unpaired) electrons. The first-order valence-corrected chi connectivity index (χ1v) is 5.35. The Bertz CT molecular complexity index is 265. The van der Waals surface area contributed by atoms with Gasteiger partial charge < -0.3 is 19.8 Å². The summed E-state index contributed by atoms with van der Waals surface area (Å²) in [4.78, 5) is 21.6. The number of carbonyl (C=O) groups is 2. The van der Waals surface area contributed by atoms with Gasteiger partial charge in [0.25, 0.3) is 0 Å². The average molecular weight is 252 g/mol. The molecule has 0 aromatic rings. The Morgan fingerprint density at radius 3 is 1.94 bits per heavy atom. The minimum Gasteiger partial charge on any atom is -0.550 e. The molecule has 0 amide bonds. The first-order valence-electron chi connectivity index (χ1n) is 5.35. The fourth-order valence-corrected chi connectivity index (χ4v) is 2.35. The molecule has 0 N–H and O–H groups in total. The van der Waals surface area contributed by atoms with Crippen molar-refractivity contribution in [1.29, 1.82) is 0 Å². The zero-order valence-electron chi connectivity index (χ0n) is 9.77. The molecule has 0 heterocycles. The van der Waals surface area contributed by atoms with Crippen LogP contribution in [-0.4, -0.2) is 49.7 Å². The number of hydrogen-bond donors (Lipinski definition) is 0. The summed E-state index contributed by atoms with van der Waals surface area (Å²) in [6, 6.07) is 0. The minimum atomic E-state index is -1.26. The first kappa shape index (κ1) is 16.2. The van der Waals surface area contributed by atoms with Crippen LogP contribution in [0, 0.1) is 23.7 Å². The van der Waals surface area contributed by atoms with Crippen LogP contribution in [0.3, 0.4) is 0 Å². The predicted octanol–water partition coefficient (Wildman–Crippen LogP) is -1.21. The van der Waals surface area contributed by atoms with Gasteiger partial charge in [0.1, 0.15) is 0 Å². The van der Waals surface area contributed by atoms with E-state index in [2.05, 4.69) is 0 Å². The molecule has 1 aliphatic rings. The Morgan fingerprint density at radius 2 is 1.56 bits per heavy atom. The number of carbonyl (C=O) groups excluding carboxylic acids is 2. The zero-order valence-corrected chi connectivity index (χ0v) is 12.0. The van der Waals surface area contributed by atoms with Crippen molar-refractivity contribution in [1.82, 2.24) is 0 Å². The summed E-state index contributed by atoms with van der Waals surface area (Å²) in [6.45, 7) is 4.05. The van der Waals surface area contributed by atoms with Crippen LogP contribution in [0.25, 0.3) is 0 Å². The second-order valence-electron chi connectivity index (χ2n) is 4.67. The van der Waals surface area contributed by atoms with Gasteiger partial charge in [-0.2, -0.15) is 0 Å². The fourth-order valence-electron chi connectivity index (χ4n) is 2.35. The Kier molecular flexibility index (Phi) is 6.90. The largest absolute Gasteiger partial charge is 2.00 e. The molecule has 1 aliphatic carbocycles. The van der Waals surface area contributed by atoms with E-state index in [0.29, 0.717) is 18.8 Å². The van der Waals surface area contributed by atoms with Gasteiger partial charge in [-0.05, 0) is 31.1 Å². The third-order valence-corrected chi connectivity index (χ3v) is 3.44. The van der Waals surface area contributed by atoms with E-state index in [1.54, 1.807) is 0 Å². The second kappa shape index (κ2) is 6.82. The van der Waals surface area contributed by atoms with Crippen LogP contribution < -0.4 is 10.2 Å². The third-order valence-electron chi connectivity index (χ3n) is 3.44. The predicted molar refractivity (Wildman–Crippen MR) is 54.9 cm³/mol. The molecule has 0 bridgehead atoms. The van der Waals surface area contributed by atoms with Gasteiger partial charge in [-0.3, -0.25) is 0 Å². The average Bonchev–Trinajstić information content (AvgIpc) is 2.16. The molecule has 4 nitrogen and oxygen atoms in total. The van der Waals surface area contributed by atoms with Crippen LogP contribution >= 0.6 is 0 Å². The Morgan fingerprint density at radius 1 is 1.06 bits per heavy atom. The van der Waals surface area contributed by atoms with Gasteiger partial charge in [-0.25, -0.2) is 0 Å². The van der Waals surface area contributed by atoms with Gasteiger partial charge in [-0.1, -0.05) is 13.8 Å². The Balaban J connectivity index is 0.00000225. The van der Waals surface area contributed by atoms with Crippen molar-refractivity contribution in [3.8, 4) is 0 Å². The summed E-state index contributed by atoms with van der Waals surface area (Å²) in [5.74, 6) is -3.60. The summed E-state index contributed by atoms with van der Waals surface area (Å²) >= 11 is 0. The second-order valence-corrected chi connectivity index (χ2v) is 4.67. The van der Waals surface area contributed by atoms with E-state index in [1.165, 1.54) is 0 Å². The van der Waals surface area contributed by atoms with Crippen molar-refractivity contribution < 1.29 is 19.8 Å². The van der Waals surface area contributed by atoms with Crippen LogP contribution in [0.2, 0.25) is 0 Å². The Labute approximate surface area is 125 Å². The third kappa shape index (κ3) is 3.90. The van der Waals surface area contributed by atoms with E-state index in [4.69, 9.17) is 0 Å². The standard InChI is InChI=1S/C11H18O4.Ca/c1-6(2)7-3-4-8(10(12)13)9(5-7)11(14)15;/h6-9H,3-5H2,1-2H3,(H,12,13)(H,14,15);/q;+2/p-2. The van der Waals surface area contributed by atoms with E-state index >= 15 is 0 Å².